The Balaban J connectivity index is 1.99. The fourth-order valence-corrected chi connectivity index (χ4v) is 4.59. The summed E-state index contributed by atoms with van der Waals surface area (Å²) in [6, 6.07) is 3.51. The van der Waals surface area contributed by atoms with Gasteiger partial charge in [0.25, 0.3) is 0 Å². The molecule has 1 aromatic rings. The molecule has 188 valence electrons. The first-order valence-corrected chi connectivity index (χ1v) is 11.9. The number of methoxy groups -OCH3 is 2. The van der Waals surface area contributed by atoms with Crippen molar-refractivity contribution in [1.82, 2.24) is 0 Å². The number of benzene rings is 1. The van der Waals surface area contributed by atoms with Crippen LogP contribution in [0.4, 0.5) is 0 Å². The minimum absolute atomic E-state index is 0.0363. The summed E-state index contributed by atoms with van der Waals surface area (Å²) < 4.78 is 34.7. The molecule has 7 nitrogen and oxygen atoms in total. The molecule has 0 saturated carbocycles. The molecule has 0 N–H and O–H groups in total. The van der Waals surface area contributed by atoms with E-state index in [4.69, 9.17) is 28.4 Å². The first kappa shape index (κ1) is 26.3. The van der Waals surface area contributed by atoms with E-state index in [2.05, 4.69) is 19.9 Å². The summed E-state index contributed by atoms with van der Waals surface area (Å²) in [7, 11) is 3.12. The molecule has 2 aliphatic rings. The minimum atomic E-state index is -0.433. The highest BCUT2D eigenvalue weighted by atomic mass is 16.7. The summed E-state index contributed by atoms with van der Waals surface area (Å²) in [6.07, 6.45) is 9.59. The monoisotopic (exact) mass is 474 g/mol. The van der Waals surface area contributed by atoms with Gasteiger partial charge in [0.1, 0.15) is 30.0 Å². The third kappa shape index (κ3) is 6.62. The summed E-state index contributed by atoms with van der Waals surface area (Å²) in [6.45, 7) is 8.86. The van der Waals surface area contributed by atoms with Crippen LogP contribution >= 0.6 is 0 Å². The fraction of sp³-hybridized carbons (Fsp3) is 0.593. The first-order chi connectivity index (χ1) is 16.3. The molecular weight excluding hydrogens is 436 g/mol. The van der Waals surface area contributed by atoms with Crippen LogP contribution < -0.4 is 9.47 Å². The zero-order valence-corrected chi connectivity index (χ0v) is 21.2. The van der Waals surface area contributed by atoms with Gasteiger partial charge >= 0.3 is 5.97 Å². The Hall–Kier alpha value is -2.35. The fourth-order valence-electron chi connectivity index (χ4n) is 4.59. The van der Waals surface area contributed by atoms with E-state index in [0.29, 0.717) is 42.1 Å². The molecule has 0 bridgehead atoms. The molecule has 1 saturated heterocycles. The normalized spacial score (nSPS) is 26.8. The van der Waals surface area contributed by atoms with Crippen LogP contribution in [0.25, 0.3) is 6.08 Å². The highest BCUT2D eigenvalue weighted by Gasteiger charge is 2.43. The van der Waals surface area contributed by atoms with Crippen LogP contribution in [0.15, 0.2) is 30.4 Å². The molecule has 1 aromatic carbocycles. The van der Waals surface area contributed by atoms with Gasteiger partial charge in [-0.1, -0.05) is 24.3 Å². The van der Waals surface area contributed by atoms with E-state index in [1.54, 1.807) is 13.2 Å². The third-order valence-electron chi connectivity index (χ3n) is 6.18. The van der Waals surface area contributed by atoms with Gasteiger partial charge in [-0.15, -0.1) is 0 Å². The molecule has 34 heavy (non-hydrogen) atoms. The lowest BCUT2D eigenvalue weighted by atomic mass is 9.87. The lowest BCUT2D eigenvalue weighted by Crippen LogP contribution is -2.30. The lowest BCUT2D eigenvalue weighted by molar-refractivity contribution is -0.0966. The van der Waals surface area contributed by atoms with E-state index in [9.17, 15) is 4.79 Å². The molecule has 2 aliphatic heterocycles. The van der Waals surface area contributed by atoms with Gasteiger partial charge in [0, 0.05) is 25.0 Å². The van der Waals surface area contributed by atoms with E-state index < -0.39 is 5.97 Å². The SMILES string of the molecule is CCOCOC1C=CC[C@H](C)OC(=O)c2c(cc(OC)cc2OC)C=CC[C@@H]2OC(C)(C)C[C@H]12. The molecule has 2 heterocycles. The van der Waals surface area contributed by atoms with Crippen LogP contribution in [0.3, 0.4) is 0 Å². The summed E-state index contributed by atoms with van der Waals surface area (Å²) in [4.78, 5) is 13.1. The quantitative estimate of drug-likeness (QED) is 0.244. The molecule has 1 fully saturated rings. The lowest BCUT2D eigenvalue weighted by Gasteiger charge is -2.25. The van der Waals surface area contributed by atoms with Crippen molar-refractivity contribution in [3.8, 4) is 11.5 Å². The van der Waals surface area contributed by atoms with Crippen LogP contribution in [0.2, 0.25) is 0 Å². The first-order valence-electron chi connectivity index (χ1n) is 11.9. The number of carbonyl (C=O) groups is 1. The van der Waals surface area contributed by atoms with E-state index in [-0.39, 0.29) is 36.6 Å². The van der Waals surface area contributed by atoms with E-state index in [1.165, 1.54) is 7.11 Å². The second-order valence-corrected chi connectivity index (χ2v) is 9.34. The van der Waals surface area contributed by atoms with Crippen molar-refractivity contribution in [2.75, 3.05) is 27.6 Å². The predicted molar refractivity (Wildman–Crippen MR) is 130 cm³/mol. The van der Waals surface area contributed by atoms with Crippen molar-refractivity contribution in [2.24, 2.45) is 5.92 Å². The minimum Gasteiger partial charge on any atom is -0.497 e. The topological polar surface area (TPSA) is 72.5 Å². The van der Waals surface area contributed by atoms with Crippen molar-refractivity contribution in [3.05, 3.63) is 41.5 Å². The molecule has 0 spiro atoms. The van der Waals surface area contributed by atoms with Gasteiger partial charge in [0.05, 0.1) is 32.0 Å². The van der Waals surface area contributed by atoms with Gasteiger partial charge in [-0.05, 0) is 52.2 Å². The van der Waals surface area contributed by atoms with Crippen molar-refractivity contribution in [1.29, 1.82) is 0 Å². The van der Waals surface area contributed by atoms with Crippen LogP contribution in [0.1, 0.15) is 62.9 Å². The molecule has 0 aromatic heterocycles. The van der Waals surface area contributed by atoms with Gasteiger partial charge in [0.2, 0.25) is 0 Å². The smallest absolute Gasteiger partial charge is 0.342 e. The van der Waals surface area contributed by atoms with Crippen molar-refractivity contribution in [2.45, 2.75) is 70.9 Å². The standard InChI is InChI=1S/C27H38O7/c1-7-31-17-32-22-12-8-10-18(2)33-26(28)25-19(14-20(29-5)15-24(25)30-6)11-9-13-23-21(22)16-27(3,4)34-23/h8-9,11-12,14-15,18,21-23H,7,10,13,16-17H2,1-6H3/t18-,21+,22?,23-/m0/s1. The van der Waals surface area contributed by atoms with E-state index >= 15 is 0 Å². The summed E-state index contributed by atoms with van der Waals surface area (Å²) >= 11 is 0. The predicted octanol–water partition coefficient (Wildman–Crippen LogP) is 5.18. The summed E-state index contributed by atoms with van der Waals surface area (Å²) in [5, 5.41) is 0. The Kier molecular flexibility index (Phi) is 9.17. The van der Waals surface area contributed by atoms with Crippen LogP contribution in [-0.4, -0.2) is 57.5 Å². The Morgan fingerprint density at radius 2 is 1.91 bits per heavy atom. The zero-order chi connectivity index (χ0) is 24.7. The average Bonchev–Trinajstić information content (AvgIpc) is 3.10. The van der Waals surface area contributed by atoms with Gasteiger partial charge in [-0.2, -0.15) is 0 Å². The molecule has 1 unspecified atom stereocenters. The molecule has 4 atom stereocenters. The van der Waals surface area contributed by atoms with Crippen molar-refractivity contribution < 1.29 is 33.2 Å². The van der Waals surface area contributed by atoms with Crippen LogP contribution in [0.5, 0.6) is 11.5 Å². The molecule has 0 radical (unpaired) electrons. The number of fused-ring (bicyclic) bond motifs is 2. The van der Waals surface area contributed by atoms with Gasteiger partial charge in [-0.25, -0.2) is 4.79 Å². The van der Waals surface area contributed by atoms with Gasteiger partial charge in [-0.3, -0.25) is 0 Å². The summed E-state index contributed by atoms with van der Waals surface area (Å²) in [5.74, 6) is 0.749. The van der Waals surface area contributed by atoms with E-state index in [0.717, 1.165) is 6.42 Å². The second-order valence-electron chi connectivity index (χ2n) is 9.34. The average molecular weight is 475 g/mol. The number of carbonyl (C=O) groups excluding carboxylic acids is 1. The molecule has 7 heteroatoms. The number of rotatable bonds is 6. The van der Waals surface area contributed by atoms with Gasteiger partial charge in [0.15, 0.2) is 0 Å². The molecule has 3 rings (SSSR count). The largest absolute Gasteiger partial charge is 0.497 e. The summed E-state index contributed by atoms with van der Waals surface area (Å²) in [5.41, 5.74) is 0.808. The highest BCUT2D eigenvalue weighted by Crippen LogP contribution is 2.40. The van der Waals surface area contributed by atoms with E-state index in [1.807, 2.05) is 38.1 Å². The Bertz CT molecular complexity index is 889. The molecular formula is C27H38O7. The third-order valence-corrected chi connectivity index (χ3v) is 6.18. The number of ether oxygens (including phenoxy) is 6. The maximum atomic E-state index is 13.1. The number of hydrogen-bond acceptors (Lipinski definition) is 7. The Morgan fingerprint density at radius 3 is 2.62 bits per heavy atom. The van der Waals surface area contributed by atoms with Crippen LogP contribution in [0, 0.1) is 5.92 Å². The van der Waals surface area contributed by atoms with Crippen molar-refractivity contribution in [3.63, 3.8) is 0 Å². The zero-order valence-electron chi connectivity index (χ0n) is 21.2. The Morgan fingerprint density at radius 1 is 1.12 bits per heavy atom. The van der Waals surface area contributed by atoms with Crippen molar-refractivity contribution >= 4 is 12.0 Å². The number of esters is 1. The Labute approximate surface area is 203 Å². The van der Waals surface area contributed by atoms with Gasteiger partial charge < -0.3 is 28.4 Å². The number of cyclic esters (lactones) is 1. The maximum absolute atomic E-state index is 13.1. The molecule has 0 aliphatic carbocycles. The maximum Gasteiger partial charge on any atom is 0.342 e. The molecule has 0 amide bonds. The number of hydrogen-bond donors (Lipinski definition) is 0. The van der Waals surface area contributed by atoms with Crippen LogP contribution in [-0.2, 0) is 18.9 Å². The highest BCUT2D eigenvalue weighted by molar-refractivity contribution is 5.97. The second kappa shape index (κ2) is 11.9.